The number of aromatic nitrogens is 2. The number of carbonyl (C=O) groups excluding carboxylic acids is 1. The van der Waals surface area contributed by atoms with E-state index < -0.39 is 11.4 Å². The average Bonchev–Trinajstić information content (AvgIpc) is 3.28. The molecule has 2 fully saturated rings. The van der Waals surface area contributed by atoms with E-state index in [2.05, 4.69) is 15.3 Å². The number of piperazine rings is 1. The molecule has 148 valence electrons. The molecule has 0 radical (unpaired) electrons. The van der Waals surface area contributed by atoms with Crippen LogP contribution in [0.25, 0.3) is 0 Å². The first kappa shape index (κ1) is 19.0. The predicted octanol–water partition coefficient (Wildman–Crippen LogP) is 2.50. The van der Waals surface area contributed by atoms with Gasteiger partial charge >= 0.3 is 5.51 Å². The standard InChI is InChI=1S/C17H16F3N5O2S/c18-17(19,20)28-12-3-1-2-9(4-12)14-13-5-11(8-21-13)25(14)16-22-6-10(7-23-16)15(26)24-27/h1-4,6-7,11,13-14,21,27H,5,8H2,(H,24,26). The highest BCUT2D eigenvalue weighted by Gasteiger charge is 2.47. The summed E-state index contributed by atoms with van der Waals surface area (Å²) in [6.07, 6.45) is 3.43. The van der Waals surface area contributed by atoms with Crippen LogP contribution < -0.4 is 15.7 Å². The van der Waals surface area contributed by atoms with Gasteiger partial charge in [-0.2, -0.15) is 13.2 Å². The van der Waals surface area contributed by atoms with Crippen LogP contribution in [0.2, 0.25) is 0 Å². The van der Waals surface area contributed by atoms with E-state index >= 15 is 0 Å². The number of amides is 1. The third-order valence-corrected chi connectivity index (χ3v) is 5.60. The molecule has 3 N–H and O–H groups in total. The van der Waals surface area contributed by atoms with Crippen molar-refractivity contribution in [2.75, 3.05) is 11.4 Å². The van der Waals surface area contributed by atoms with Gasteiger partial charge in [0.1, 0.15) is 0 Å². The summed E-state index contributed by atoms with van der Waals surface area (Å²) in [5.74, 6) is -0.327. The van der Waals surface area contributed by atoms with Gasteiger partial charge in [-0.15, -0.1) is 0 Å². The maximum atomic E-state index is 12.7. The zero-order chi connectivity index (χ0) is 19.9. The minimum absolute atomic E-state index is 0.0696. The lowest BCUT2D eigenvalue weighted by Crippen LogP contribution is -2.46. The molecule has 1 aromatic carbocycles. The molecule has 2 aliphatic heterocycles. The number of nitrogens with one attached hydrogen (secondary N) is 2. The molecule has 0 spiro atoms. The largest absolute Gasteiger partial charge is 0.446 e. The number of hydrogen-bond donors (Lipinski definition) is 3. The van der Waals surface area contributed by atoms with Gasteiger partial charge in [-0.3, -0.25) is 10.0 Å². The van der Waals surface area contributed by atoms with Crippen LogP contribution in [0.3, 0.4) is 0 Å². The molecule has 3 atom stereocenters. The van der Waals surface area contributed by atoms with Gasteiger partial charge in [0.25, 0.3) is 5.91 Å². The Morgan fingerprint density at radius 2 is 2.07 bits per heavy atom. The second-order valence-corrected chi connectivity index (χ2v) is 7.73. The Morgan fingerprint density at radius 1 is 1.32 bits per heavy atom. The Balaban J connectivity index is 1.65. The summed E-state index contributed by atoms with van der Waals surface area (Å²) in [7, 11) is 0. The summed E-state index contributed by atoms with van der Waals surface area (Å²) in [5, 5.41) is 12.1. The lowest BCUT2D eigenvalue weighted by molar-refractivity contribution is -0.0328. The van der Waals surface area contributed by atoms with E-state index in [9.17, 15) is 18.0 Å². The van der Waals surface area contributed by atoms with Gasteiger partial charge in [-0.25, -0.2) is 15.4 Å². The van der Waals surface area contributed by atoms with E-state index in [1.165, 1.54) is 23.9 Å². The highest BCUT2D eigenvalue weighted by molar-refractivity contribution is 8.00. The SMILES string of the molecule is O=C(NO)c1cnc(N2C3CNC(C3)C2c2cccc(SC(F)(F)F)c2)nc1. The zero-order valence-corrected chi connectivity index (χ0v) is 15.2. The normalized spacial score (nSPS) is 23.9. The summed E-state index contributed by atoms with van der Waals surface area (Å²) in [4.78, 5) is 22.0. The maximum Gasteiger partial charge on any atom is 0.446 e. The van der Waals surface area contributed by atoms with Crippen LogP contribution in [0.4, 0.5) is 19.1 Å². The first-order valence-electron chi connectivity index (χ1n) is 8.49. The number of hydroxylamine groups is 1. The van der Waals surface area contributed by atoms with Crippen molar-refractivity contribution in [1.82, 2.24) is 20.8 Å². The van der Waals surface area contributed by atoms with Crippen LogP contribution in [-0.4, -0.2) is 45.2 Å². The minimum atomic E-state index is -4.35. The quantitative estimate of drug-likeness (QED) is 0.405. The Kier molecular flexibility index (Phi) is 4.89. The second kappa shape index (κ2) is 7.22. The first-order valence-corrected chi connectivity index (χ1v) is 9.31. The lowest BCUT2D eigenvalue weighted by Gasteiger charge is -2.36. The molecule has 0 aliphatic carbocycles. The molecule has 2 aromatic rings. The van der Waals surface area contributed by atoms with Gasteiger partial charge in [0.2, 0.25) is 5.95 Å². The van der Waals surface area contributed by atoms with E-state index in [0.29, 0.717) is 5.95 Å². The summed E-state index contributed by atoms with van der Waals surface area (Å²) in [6, 6.07) is 6.35. The van der Waals surface area contributed by atoms with Crippen LogP contribution in [0, 0.1) is 0 Å². The predicted molar refractivity (Wildman–Crippen MR) is 95.1 cm³/mol. The molecular weight excluding hydrogens is 395 g/mol. The number of carbonyl (C=O) groups is 1. The summed E-state index contributed by atoms with van der Waals surface area (Å²) in [5.41, 5.74) is -1.98. The molecule has 28 heavy (non-hydrogen) atoms. The fourth-order valence-corrected chi connectivity index (χ4v) is 4.44. The Labute approximate surface area is 162 Å². The van der Waals surface area contributed by atoms with E-state index in [1.807, 2.05) is 4.90 Å². The minimum Gasteiger partial charge on any atom is -0.328 e. The molecule has 4 rings (SSSR count). The van der Waals surface area contributed by atoms with E-state index in [4.69, 9.17) is 5.21 Å². The highest BCUT2D eigenvalue weighted by atomic mass is 32.2. The number of halogens is 3. The van der Waals surface area contributed by atoms with E-state index in [1.54, 1.807) is 18.2 Å². The topological polar surface area (TPSA) is 90.4 Å². The van der Waals surface area contributed by atoms with Crippen LogP contribution in [0.15, 0.2) is 41.6 Å². The first-order chi connectivity index (χ1) is 13.4. The highest BCUT2D eigenvalue weighted by Crippen LogP contribution is 2.44. The fourth-order valence-electron chi connectivity index (χ4n) is 3.83. The fraction of sp³-hybridized carbons (Fsp3) is 0.353. The number of nitrogens with zero attached hydrogens (tertiary/aromatic N) is 3. The molecule has 2 bridgehead atoms. The molecule has 3 heterocycles. The molecule has 1 amide bonds. The van der Waals surface area contributed by atoms with Crippen molar-refractivity contribution in [3.63, 3.8) is 0 Å². The number of benzene rings is 1. The second-order valence-electron chi connectivity index (χ2n) is 6.59. The molecule has 1 aromatic heterocycles. The van der Waals surface area contributed by atoms with Crippen molar-refractivity contribution in [2.45, 2.75) is 35.0 Å². The van der Waals surface area contributed by atoms with E-state index in [0.717, 1.165) is 18.5 Å². The third-order valence-electron chi connectivity index (χ3n) is 4.88. The van der Waals surface area contributed by atoms with Gasteiger partial charge in [0.15, 0.2) is 0 Å². The van der Waals surface area contributed by atoms with Crippen molar-refractivity contribution < 1.29 is 23.2 Å². The maximum absolute atomic E-state index is 12.7. The molecule has 7 nitrogen and oxygen atoms in total. The number of rotatable bonds is 4. The number of thioether (sulfide) groups is 1. The smallest absolute Gasteiger partial charge is 0.328 e. The molecule has 2 aliphatic rings. The number of hydrogen-bond acceptors (Lipinski definition) is 7. The van der Waals surface area contributed by atoms with Crippen LogP contribution in [-0.2, 0) is 0 Å². The number of alkyl halides is 3. The number of anilines is 1. The third kappa shape index (κ3) is 3.64. The van der Waals surface area contributed by atoms with Gasteiger partial charge in [-0.05, 0) is 35.9 Å². The Bertz CT molecular complexity index is 880. The van der Waals surface area contributed by atoms with Gasteiger partial charge < -0.3 is 10.2 Å². The summed E-state index contributed by atoms with van der Waals surface area (Å²) in [6.45, 7) is 0.723. The summed E-state index contributed by atoms with van der Waals surface area (Å²) >= 11 is -0.140. The molecule has 0 saturated carbocycles. The van der Waals surface area contributed by atoms with Gasteiger partial charge in [-0.1, -0.05) is 12.1 Å². The van der Waals surface area contributed by atoms with Gasteiger partial charge in [0, 0.05) is 35.9 Å². The Morgan fingerprint density at radius 3 is 2.75 bits per heavy atom. The van der Waals surface area contributed by atoms with Crippen molar-refractivity contribution >= 4 is 23.6 Å². The lowest BCUT2D eigenvalue weighted by atomic mass is 10.0. The molecular formula is C17H16F3N5O2S. The van der Waals surface area contributed by atoms with Crippen molar-refractivity contribution in [1.29, 1.82) is 0 Å². The molecule has 11 heteroatoms. The van der Waals surface area contributed by atoms with Crippen molar-refractivity contribution in [3.05, 3.63) is 47.8 Å². The molecule has 3 unspecified atom stereocenters. The van der Waals surface area contributed by atoms with Crippen molar-refractivity contribution in [2.24, 2.45) is 0 Å². The van der Waals surface area contributed by atoms with Crippen molar-refractivity contribution in [3.8, 4) is 0 Å². The zero-order valence-electron chi connectivity index (χ0n) is 14.3. The number of fused-ring (bicyclic) bond motifs is 2. The summed E-state index contributed by atoms with van der Waals surface area (Å²) < 4.78 is 38.2. The van der Waals surface area contributed by atoms with Crippen LogP contribution in [0.5, 0.6) is 0 Å². The monoisotopic (exact) mass is 411 g/mol. The van der Waals surface area contributed by atoms with Gasteiger partial charge in [0.05, 0.1) is 11.6 Å². The van der Waals surface area contributed by atoms with Crippen LogP contribution >= 0.6 is 11.8 Å². The molecule has 2 saturated heterocycles. The van der Waals surface area contributed by atoms with Crippen LogP contribution in [0.1, 0.15) is 28.4 Å². The van der Waals surface area contributed by atoms with E-state index in [-0.39, 0.29) is 40.3 Å². The Hall–Kier alpha value is -2.37. The average molecular weight is 411 g/mol.